The minimum Gasteiger partial charge on any atom is -0.496 e. The lowest BCUT2D eigenvalue weighted by Crippen LogP contribution is -2.29. The number of para-hydroxylation sites is 1. The van der Waals surface area contributed by atoms with Gasteiger partial charge in [0, 0.05) is 21.7 Å². The van der Waals surface area contributed by atoms with Crippen LogP contribution in [0.25, 0.3) is 59.8 Å². The molecule has 0 radical (unpaired) electrons. The normalized spacial score (nSPS) is 11.9. The van der Waals surface area contributed by atoms with Gasteiger partial charge in [0.25, 0.3) is 5.65 Å². The molecule has 0 saturated heterocycles. The molecule has 3 nitrogen and oxygen atoms in total. The van der Waals surface area contributed by atoms with Crippen molar-refractivity contribution in [1.29, 1.82) is 0 Å². The van der Waals surface area contributed by atoms with Gasteiger partial charge in [0.15, 0.2) is 0 Å². The maximum atomic E-state index is 5.79. The van der Waals surface area contributed by atoms with Gasteiger partial charge in [-0.2, -0.15) is 4.40 Å². The SMILES string of the molecule is COc1ccc2c3cccc4c5ccccc5c5ccccc5c5ccc[n+](C)c5n(c2c1C)c43. The third kappa shape index (κ3) is 2.64. The standard InChI is InChI=1S/C32H25N2O/c1-20-29(35-3)18-17-27-26-15-8-14-25-23-12-6-4-10-21(23)22-11-5-7-13-24(22)28-16-9-19-33(2)32(28)34(30(20)27)31(25)26/h4-19H,1-3H3/q+1. The molecule has 0 bridgehead atoms. The molecular formula is C32H25N2O+. The van der Waals surface area contributed by atoms with Gasteiger partial charge in [-0.3, -0.25) is 0 Å². The van der Waals surface area contributed by atoms with Crippen LogP contribution < -0.4 is 9.30 Å². The Hall–Kier alpha value is -4.37. The molecule has 7 aromatic rings. The number of methoxy groups -OCH3 is 1. The first-order valence-corrected chi connectivity index (χ1v) is 12.0. The summed E-state index contributed by atoms with van der Waals surface area (Å²) in [6.07, 6.45) is 2.14. The summed E-state index contributed by atoms with van der Waals surface area (Å²) in [5.74, 6) is 0.902. The third-order valence-corrected chi connectivity index (χ3v) is 7.46. The highest BCUT2D eigenvalue weighted by molar-refractivity contribution is 6.24. The average molecular weight is 454 g/mol. The van der Waals surface area contributed by atoms with E-state index in [0.29, 0.717) is 0 Å². The maximum Gasteiger partial charge on any atom is 0.294 e. The number of ether oxygens (including phenoxy) is 1. The lowest BCUT2D eigenvalue weighted by molar-refractivity contribution is -0.647. The molecule has 0 saturated carbocycles. The molecule has 0 aliphatic rings. The molecule has 3 heterocycles. The molecule has 0 unspecified atom stereocenters. The van der Waals surface area contributed by atoms with Crippen molar-refractivity contribution in [1.82, 2.24) is 4.40 Å². The van der Waals surface area contributed by atoms with Crippen LogP contribution in [0.4, 0.5) is 0 Å². The van der Waals surface area contributed by atoms with Crippen LogP contribution in [0.2, 0.25) is 0 Å². The fourth-order valence-electron chi connectivity index (χ4n) is 5.95. The number of rotatable bonds is 1. The Bertz CT molecular complexity index is 2010. The van der Waals surface area contributed by atoms with Gasteiger partial charge >= 0.3 is 0 Å². The van der Waals surface area contributed by atoms with E-state index in [9.17, 15) is 0 Å². The second-order valence-corrected chi connectivity index (χ2v) is 9.27. The highest BCUT2D eigenvalue weighted by Crippen LogP contribution is 2.40. The number of aromatic nitrogens is 2. The van der Waals surface area contributed by atoms with Gasteiger partial charge in [0.2, 0.25) is 0 Å². The van der Waals surface area contributed by atoms with Crippen LogP contribution >= 0.6 is 0 Å². The highest BCUT2D eigenvalue weighted by Gasteiger charge is 2.23. The number of hydrogen-bond donors (Lipinski definition) is 0. The van der Waals surface area contributed by atoms with Crippen LogP contribution in [0.3, 0.4) is 0 Å². The van der Waals surface area contributed by atoms with Crippen LogP contribution in [-0.4, -0.2) is 11.5 Å². The monoisotopic (exact) mass is 453 g/mol. The van der Waals surface area contributed by atoms with Gasteiger partial charge < -0.3 is 4.74 Å². The molecule has 168 valence electrons. The zero-order valence-electron chi connectivity index (χ0n) is 20.0. The first kappa shape index (κ1) is 20.0. The van der Waals surface area contributed by atoms with E-state index in [1.54, 1.807) is 7.11 Å². The van der Waals surface area contributed by atoms with Gasteiger partial charge in [-0.25, -0.2) is 4.57 Å². The predicted octanol–water partition coefficient (Wildman–Crippen LogP) is 7.41. The molecular weight excluding hydrogens is 428 g/mol. The van der Waals surface area contributed by atoms with Crippen molar-refractivity contribution in [3.8, 4) is 5.75 Å². The molecule has 0 fully saturated rings. The zero-order chi connectivity index (χ0) is 23.7. The highest BCUT2D eigenvalue weighted by atomic mass is 16.5. The van der Waals surface area contributed by atoms with Crippen LogP contribution in [0.15, 0.2) is 97.2 Å². The van der Waals surface area contributed by atoms with Gasteiger partial charge in [-0.15, -0.1) is 0 Å². The van der Waals surface area contributed by atoms with E-state index in [1.807, 2.05) is 0 Å². The zero-order valence-corrected chi connectivity index (χ0v) is 20.0. The second-order valence-electron chi connectivity index (χ2n) is 9.27. The molecule has 3 heteroatoms. The van der Waals surface area contributed by atoms with E-state index in [1.165, 1.54) is 54.1 Å². The summed E-state index contributed by atoms with van der Waals surface area (Å²) in [6.45, 7) is 2.17. The fraction of sp³-hybridized carbons (Fsp3) is 0.0938. The van der Waals surface area contributed by atoms with Gasteiger partial charge in [0.05, 0.1) is 25.7 Å². The first-order valence-electron chi connectivity index (χ1n) is 12.0. The molecule has 0 aliphatic carbocycles. The van der Waals surface area contributed by atoms with Crippen molar-refractivity contribution < 1.29 is 9.30 Å². The minimum absolute atomic E-state index is 0.902. The number of benzene rings is 4. The van der Waals surface area contributed by atoms with E-state index < -0.39 is 0 Å². The molecule has 0 aliphatic heterocycles. The summed E-state index contributed by atoms with van der Waals surface area (Å²) in [5, 5.41) is 9.90. The van der Waals surface area contributed by atoms with Crippen LogP contribution in [0, 0.1) is 6.92 Å². The predicted molar refractivity (Wildman–Crippen MR) is 146 cm³/mol. The van der Waals surface area contributed by atoms with Crippen molar-refractivity contribution in [3.05, 3.63) is 103 Å². The maximum absolute atomic E-state index is 5.79. The van der Waals surface area contributed by atoms with Crippen LogP contribution in [0.5, 0.6) is 5.75 Å². The second kappa shape index (κ2) is 7.31. The Kier molecular flexibility index (Phi) is 4.19. The van der Waals surface area contributed by atoms with Crippen LogP contribution in [-0.2, 0) is 7.05 Å². The number of hydrogen-bond acceptors (Lipinski definition) is 1. The quantitative estimate of drug-likeness (QED) is 0.237. The Morgan fingerprint density at radius 3 is 1.74 bits per heavy atom. The molecule has 7 rings (SSSR count). The van der Waals surface area contributed by atoms with E-state index in [2.05, 4.69) is 120 Å². The van der Waals surface area contributed by atoms with Gasteiger partial charge in [0.1, 0.15) is 16.8 Å². The summed E-state index contributed by atoms with van der Waals surface area (Å²) in [4.78, 5) is 0. The largest absolute Gasteiger partial charge is 0.496 e. The Morgan fingerprint density at radius 2 is 1.09 bits per heavy atom. The summed E-state index contributed by atoms with van der Waals surface area (Å²) >= 11 is 0. The number of pyridine rings is 1. The molecule has 0 atom stereocenters. The van der Waals surface area contributed by atoms with Gasteiger partial charge in [-0.1, -0.05) is 60.7 Å². The van der Waals surface area contributed by atoms with Crippen molar-refractivity contribution in [2.45, 2.75) is 6.92 Å². The smallest absolute Gasteiger partial charge is 0.294 e. The van der Waals surface area contributed by atoms with Crippen molar-refractivity contribution >= 4 is 59.8 Å². The molecule has 3 aromatic heterocycles. The van der Waals surface area contributed by atoms with E-state index in [-0.39, 0.29) is 0 Å². The lowest BCUT2D eigenvalue weighted by Gasteiger charge is -2.06. The minimum atomic E-state index is 0.902. The summed E-state index contributed by atoms with van der Waals surface area (Å²) < 4.78 is 10.5. The first-order chi connectivity index (χ1) is 17.2. The molecule has 0 amide bonds. The Balaban J connectivity index is 2.03. The average Bonchev–Trinajstić information content (AvgIpc) is 3.25. The molecule has 35 heavy (non-hydrogen) atoms. The van der Waals surface area contributed by atoms with Crippen LogP contribution in [0.1, 0.15) is 5.56 Å². The van der Waals surface area contributed by atoms with E-state index in [4.69, 9.17) is 4.74 Å². The van der Waals surface area contributed by atoms with Crippen molar-refractivity contribution in [2.24, 2.45) is 7.05 Å². The van der Waals surface area contributed by atoms with Crippen molar-refractivity contribution in [3.63, 3.8) is 0 Å². The summed E-state index contributed by atoms with van der Waals surface area (Å²) in [5.41, 5.74) is 4.70. The van der Waals surface area contributed by atoms with Crippen molar-refractivity contribution in [2.75, 3.05) is 7.11 Å². The Morgan fingerprint density at radius 1 is 0.571 bits per heavy atom. The summed E-state index contributed by atoms with van der Waals surface area (Å²) in [7, 11) is 3.89. The lowest BCUT2D eigenvalue weighted by atomic mass is 10.0. The molecule has 0 N–H and O–H groups in total. The number of nitrogens with zero attached hydrogens (tertiary/aromatic N) is 2. The fourth-order valence-corrected chi connectivity index (χ4v) is 5.95. The Labute approximate surface area is 203 Å². The number of fused-ring (bicyclic) bond motifs is 10. The molecule has 0 spiro atoms. The molecule has 4 aromatic carbocycles. The number of aryl methyl sites for hydroxylation is 2. The summed E-state index contributed by atoms with van der Waals surface area (Å²) in [6, 6.07) is 33.0. The topological polar surface area (TPSA) is 17.5 Å². The van der Waals surface area contributed by atoms with Gasteiger partial charge in [-0.05, 0) is 58.8 Å². The van der Waals surface area contributed by atoms with E-state index in [0.717, 1.165) is 17.0 Å². The van der Waals surface area contributed by atoms with E-state index >= 15 is 0 Å². The third-order valence-electron chi connectivity index (χ3n) is 7.46.